The second-order valence-corrected chi connectivity index (χ2v) is 6.24. The third-order valence-corrected chi connectivity index (χ3v) is 4.72. The summed E-state index contributed by atoms with van der Waals surface area (Å²) in [6, 6.07) is 3.92. The molecule has 2 aromatic heterocycles. The highest BCUT2D eigenvalue weighted by atomic mass is 32.1. The van der Waals surface area contributed by atoms with Crippen LogP contribution in [0.15, 0.2) is 22.0 Å². The molecule has 0 N–H and O–H groups in total. The molecule has 3 rings (SSSR count). The number of carbonyl (C=O) groups excluding carboxylic acids is 2. The Balaban J connectivity index is 1.57. The maximum atomic E-state index is 11.9. The summed E-state index contributed by atoms with van der Waals surface area (Å²) in [4.78, 5) is 29.5. The molecule has 3 heterocycles. The lowest BCUT2D eigenvalue weighted by Gasteiger charge is -2.30. The molecule has 116 valence electrons. The van der Waals surface area contributed by atoms with Crippen LogP contribution in [0, 0.1) is 0 Å². The average molecular weight is 319 g/mol. The van der Waals surface area contributed by atoms with Gasteiger partial charge < -0.3 is 14.2 Å². The van der Waals surface area contributed by atoms with Gasteiger partial charge in [-0.05, 0) is 24.3 Å². The molecule has 0 aliphatic carbocycles. The van der Waals surface area contributed by atoms with Crippen molar-refractivity contribution >= 4 is 23.5 Å². The van der Waals surface area contributed by atoms with E-state index in [1.54, 1.807) is 11.3 Å². The number of amides is 1. The lowest BCUT2D eigenvalue weighted by molar-refractivity contribution is -0.133. The molecule has 1 aliphatic rings. The summed E-state index contributed by atoms with van der Waals surface area (Å²) in [5.41, 5.74) is 0. The lowest BCUT2D eigenvalue weighted by atomic mass is 9.96. The highest BCUT2D eigenvalue weighted by Crippen LogP contribution is 2.29. The van der Waals surface area contributed by atoms with Crippen molar-refractivity contribution in [2.75, 3.05) is 13.1 Å². The quantitative estimate of drug-likeness (QED) is 0.791. The van der Waals surface area contributed by atoms with Crippen molar-refractivity contribution in [2.24, 2.45) is 0 Å². The highest BCUT2D eigenvalue weighted by molar-refractivity contribution is 7.13. The fraction of sp³-hybridized carbons (Fsp3) is 0.467. The SMILES string of the molecule is O=CCCC(=O)N1CCC(c2nc(-c3cccs3)no2)CC1. The second-order valence-electron chi connectivity index (χ2n) is 5.29. The van der Waals surface area contributed by atoms with Crippen LogP contribution in [0.3, 0.4) is 0 Å². The van der Waals surface area contributed by atoms with Crippen LogP contribution in [0.25, 0.3) is 10.7 Å². The van der Waals surface area contributed by atoms with Gasteiger partial charge in [0.15, 0.2) is 0 Å². The predicted octanol–water partition coefficient (Wildman–Crippen LogP) is 2.48. The van der Waals surface area contributed by atoms with Crippen LogP contribution >= 0.6 is 11.3 Å². The Labute approximate surface area is 132 Å². The highest BCUT2D eigenvalue weighted by Gasteiger charge is 2.27. The smallest absolute Gasteiger partial charge is 0.230 e. The monoisotopic (exact) mass is 319 g/mol. The summed E-state index contributed by atoms with van der Waals surface area (Å²) in [5, 5.41) is 6.01. The van der Waals surface area contributed by atoms with Crippen molar-refractivity contribution in [1.29, 1.82) is 0 Å². The molecule has 6 nitrogen and oxygen atoms in total. The number of piperidine rings is 1. The first-order valence-electron chi connectivity index (χ1n) is 7.37. The van der Waals surface area contributed by atoms with Crippen molar-refractivity contribution < 1.29 is 14.1 Å². The Morgan fingerprint density at radius 2 is 2.27 bits per heavy atom. The number of aldehydes is 1. The van der Waals surface area contributed by atoms with E-state index in [1.807, 2.05) is 22.4 Å². The third-order valence-electron chi connectivity index (χ3n) is 3.86. The van der Waals surface area contributed by atoms with E-state index < -0.39 is 0 Å². The molecule has 1 amide bonds. The van der Waals surface area contributed by atoms with E-state index >= 15 is 0 Å². The van der Waals surface area contributed by atoms with E-state index in [0.29, 0.717) is 37.6 Å². The molecule has 1 fully saturated rings. The lowest BCUT2D eigenvalue weighted by Crippen LogP contribution is -2.37. The number of carbonyl (C=O) groups is 2. The molecule has 2 aromatic rings. The normalized spacial score (nSPS) is 15.9. The zero-order valence-electron chi connectivity index (χ0n) is 12.1. The second kappa shape index (κ2) is 6.83. The zero-order valence-corrected chi connectivity index (χ0v) is 12.9. The molecule has 0 spiro atoms. The van der Waals surface area contributed by atoms with E-state index in [1.165, 1.54) is 0 Å². The van der Waals surface area contributed by atoms with Crippen LogP contribution in [0.4, 0.5) is 0 Å². The summed E-state index contributed by atoms with van der Waals surface area (Å²) >= 11 is 1.58. The third kappa shape index (κ3) is 3.24. The molecule has 0 radical (unpaired) electrons. The zero-order chi connectivity index (χ0) is 15.4. The molecule has 0 saturated carbocycles. The number of likely N-dealkylation sites (tertiary alicyclic amines) is 1. The van der Waals surface area contributed by atoms with Gasteiger partial charge >= 0.3 is 0 Å². The van der Waals surface area contributed by atoms with Gasteiger partial charge in [0.2, 0.25) is 17.6 Å². The van der Waals surface area contributed by atoms with Crippen molar-refractivity contribution in [3.8, 4) is 10.7 Å². The Morgan fingerprint density at radius 1 is 1.45 bits per heavy atom. The first-order valence-corrected chi connectivity index (χ1v) is 8.25. The molecule has 7 heteroatoms. The van der Waals surface area contributed by atoms with E-state index in [4.69, 9.17) is 4.52 Å². The first kappa shape index (κ1) is 14.9. The number of nitrogens with zero attached hydrogens (tertiary/aromatic N) is 3. The van der Waals surface area contributed by atoms with E-state index in [9.17, 15) is 9.59 Å². The van der Waals surface area contributed by atoms with Crippen LogP contribution in [-0.4, -0.2) is 40.3 Å². The van der Waals surface area contributed by atoms with Gasteiger partial charge in [0.25, 0.3) is 0 Å². The summed E-state index contributed by atoms with van der Waals surface area (Å²) in [7, 11) is 0. The summed E-state index contributed by atoms with van der Waals surface area (Å²) in [5.74, 6) is 1.55. The van der Waals surface area contributed by atoms with Gasteiger partial charge in [-0.25, -0.2) is 0 Å². The summed E-state index contributed by atoms with van der Waals surface area (Å²) in [6.45, 7) is 1.36. The van der Waals surface area contributed by atoms with Crippen molar-refractivity contribution in [2.45, 2.75) is 31.6 Å². The van der Waals surface area contributed by atoms with Gasteiger partial charge in [-0.1, -0.05) is 11.2 Å². The predicted molar refractivity (Wildman–Crippen MR) is 81.5 cm³/mol. The Bertz CT molecular complexity index is 630. The standard InChI is InChI=1S/C15H17N3O3S/c19-9-1-4-13(20)18-7-5-11(6-8-18)15-16-14(17-21-15)12-3-2-10-22-12/h2-3,9-11H,1,4-8H2. The van der Waals surface area contributed by atoms with Crippen molar-refractivity contribution in [3.63, 3.8) is 0 Å². The molecular weight excluding hydrogens is 302 g/mol. The maximum absolute atomic E-state index is 11.9. The number of hydrogen-bond donors (Lipinski definition) is 0. The van der Waals surface area contributed by atoms with Crippen molar-refractivity contribution in [1.82, 2.24) is 15.0 Å². The van der Waals surface area contributed by atoms with Crippen LogP contribution < -0.4 is 0 Å². The van der Waals surface area contributed by atoms with Crippen molar-refractivity contribution in [3.05, 3.63) is 23.4 Å². The molecule has 1 aliphatic heterocycles. The number of hydrogen-bond acceptors (Lipinski definition) is 6. The van der Waals surface area contributed by atoms with Crippen LogP contribution in [0.5, 0.6) is 0 Å². The van der Waals surface area contributed by atoms with Gasteiger partial charge in [-0.3, -0.25) is 4.79 Å². The molecule has 1 saturated heterocycles. The van der Waals surface area contributed by atoms with Gasteiger partial charge in [0.05, 0.1) is 4.88 Å². The number of thiophene rings is 1. The number of rotatable bonds is 5. The molecular formula is C15H17N3O3S. The fourth-order valence-corrected chi connectivity index (χ4v) is 3.27. The average Bonchev–Trinajstić information content (AvgIpc) is 3.23. The minimum Gasteiger partial charge on any atom is -0.343 e. The molecule has 0 bridgehead atoms. The molecule has 0 aromatic carbocycles. The van der Waals surface area contributed by atoms with E-state index in [0.717, 1.165) is 24.0 Å². The fourth-order valence-electron chi connectivity index (χ4n) is 2.62. The minimum atomic E-state index is 0.0513. The Morgan fingerprint density at radius 3 is 2.95 bits per heavy atom. The number of aromatic nitrogens is 2. The van der Waals surface area contributed by atoms with E-state index in [-0.39, 0.29) is 11.8 Å². The largest absolute Gasteiger partial charge is 0.343 e. The van der Waals surface area contributed by atoms with Gasteiger partial charge in [0.1, 0.15) is 6.29 Å². The van der Waals surface area contributed by atoms with Crippen LogP contribution in [-0.2, 0) is 9.59 Å². The molecule has 22 heavy (non-hydrogen) atoms. The maximum Gasteiger partial charge on any atom is 0.230 e. The Kier molecular flexibility index (Phi) is 4.62. The Hall–Kier alpha value is -2.02. The molecule has 0 unspecified atom stereocenters. The minimum absolute atomic E-state index is 0.0513. The van der Waals surface area contributed by atoms with Gasteiger partial charge in [-0.2, -0.15) is 4.98 Å². The van der Waals surface area contributed by atoms with E-state index in [2.05, 4.69) is 10.1 Å². The summed E-state index contributed by atoms with van der Waals surface area (Å²) < 4.78 is 5.38. The van der Waals surface area contributed by atoms with Gasteiger partial charge in [0, 0.05) is 31.8 Å². The molecule has 0 atom stereocenters. The topological polar surface area (TPSA) is 76.3 Å². The summed E-state index contributed by atoms with van der Waals surface area (Å²) in [6.07, 6.45) is 3.02. The first-order chi connectivity index (χ1) is 10.8. The van der Waals surface area contributed by atoms with Crippen LogP contribution in [0.2, 0.25) is 0 Å². The van der Waals surface area contributed by atoms with Gasteiger partial charge in [-0.15, -0.1) is 11.3 Å². The van der Waals surface area contributed by atoms with Crippen LogP contribution in [0.1, 0.15) is 37.5 Å².